The second kappa shape index (κ2) is 11.1. The highest BCUT2D eigenvalue weighted by molar-refractivity contribution is 6.18. The fourth-order valence-electron chi connectivity index (χ4n) is 4.28. The third-order valence-electron chi connectivity index (χ3n) is 6.59. The molecule has 10 nitrogen and oxygen atoms in total. The maximum Gasteiger partial charge on any atom is 0.195 e. The van der Waals surface area contributed by atoms with Crippen LogP contribution in [0.4, 0.5) is 13.2 Å². The van der Waals surface area contributed by atoms with Crippen LogP contribution in [0.25, 0.3) is 11.3 Å². The highest BCUT2D eigenvalue weighted by Gasteiger charge is 2.47. The number of aliphatic hydroxyl groups excluding tert-OH is 3. The van der Waals surface area contributed by atoms with Crippen LogP contribution in [0.1, 0.15) is 24.4 Å². The Kier molecular flexibility index (Phi) is 8.21. The van der Waals surface area contributed by atoms with Gasteiger partial charge in [0, 0.05) is 36.5 Å². The molecule has 3 N–H and O–H groups in total. The topological polar surface area (TPSA) is 136 Å². The molecule has 1 aliphatic heterocycles. The van der Waals surface area contributed by atoms with Gasteiger partial charge in [-0.05, 0) is 12.1 Å². The maximum absolute atomic E-state index is 14.3. The Bertz CT molecular complexity index is 1220. The van der Waals surface area contributed by atoms with Crippen LogP contribution in [0.5, 0.6) is 0 Å². The van der Waals surface area contributed by atoms with E-state index in [1.165, 1.54) is 18.0 Å². The molecule has 0 saturated carbocycles. The fourth-order valence-corrected chi connectivity index (χ4v) is 4.50. The number of nitrogens with zero attached hydrogens (tertiary/aromatic N) is 4. The average molecular weight is 547 g/mol. The zero-order valence-corrected chi connectivity index (χ0v) is 20.6. The minimum Gasteiger partial charge on any atom is -0.395 e. The van der Waals surface area contributed by atoms with Gasteiger partial charge in [0.15, 0.2) is 17.5 Å². The van der Waals surface area contributed by atoms with Crippen molar-refractivity contribution >= 4 is 11.6 Å². The number of methoxy groups -OCH3 is 1. The molecule has 4 rings (SSSR count). The summed E-state index contributed by atoms with van der Waals surface area (Å²) in [5.74, 6) is -3.94. The van der Waals surface area contributed by atoms with Gasteiger partial charge in [0.05, 0.1) is 31.2 Å². The summed E-state index contributed by atoms with van der Waals surface area (Å²) >= 11 is 5.98. The number of ether oxygens (including phenoxy) is 2. The Morgan fingerprint density at radius 1 is 1.19 bits per heavy atom. The SMILES string of the molecule is CO[C@@H]1[C@@H](n2cc(-c3ccc(F)c(F)c3F)nn2)[C@@H](O)[C@@H](CO)O[C@@H]1Cc1cc(C(C)(CO)CCl)no1. The second-order valence-electron chi connectivity index (χ2n) is 9.12. The Morgan fingerprint density at radius 3 is 2.59 bits per heavy atom. The third-order valence-corrected chi connectivity index (χ3v) is 7.18. The molecule has 1 saturated heterocycles. The Labute approximate surface area is 214 Å². The van der Waals surface area contributed by atoms with E-state index in [4.69, 9.17) is 25.6 Å². The van der Waals surface area contributed by atoms with Crippen molar-refractivity contribution in [1.82, 2.24) is 20.2 Å². The molecule has 37 heavy (non-hydrogen) atoms. The minimum atomic E-state index is -1.65. The van der Waals surface area contributed by atoms with Crippen molar-refractivity contribution in [3.8, 4) is 11.3 Å². The monoisotopic (exact) mass is 546 g/mol. The van der Waals surface area contributed by atoms with Crippen molar-refractivity contribution in [3.63, 3.8) is 0 Å². The summed E-state index contributed by atoms with van der Waals surface area (Å²) in [5.41, 5.74) is -0.812. The highest BCUT2D eigenvalue weighted by atomic mass is 35.5. The van der Waals surface area contributed by atoms with Crippen molar-refractivity contribution in [2.45, 2.75) is 49.2 Å². The van der Waals surface area contributed by atoms with E-state index in [0.29, 0.717) is 11.5 Å². The van der Waals surface area contributed by atoms with Gasteiger partial charge in [-0.3, -0.25) is 0 Å². The van der Waals surface area contributed by atoms with E-state index in [1.54, 1.807) is 13.0 Å². The van der Waals surface area contributed by atoms with Crippen LogP contribution in [0.2, 0.25) is 0 Å². The zero-order chi connectivity index (χ0) is 26.9. The molecule has 0 radical (unpaired) electrons. The van der Waals surface area contributed by atoms with Crippen LogP contribution in [0.3, 0.4) is 0 Å². The van der Waals surface area contributed by atoms with E-state index in [-0.39, 0.29) is 30.2 Å². The van der Waals surface area contributed by atoms with Gasteiger partial charge in [-0.25, -0.2) is 17.9 Å². The molecular weight excluding hydrogens is 521 g/mol. The molecule has 1 unspecified atom stereocenters. The molecule has 0 aliphatic carbocycles. The van der Waals surface area contributed by atoms with Crippen LogP contribution in [0, 0.1) is 17.5 Å². The van der Waals surface area contributed by atoms with E-state index in [2.05, 4.69) is 15.5 Å². The minimum absolute atomic E-state index is 0.101. The van der Waals surface area contributed by atoms with Gasteiger partial charge in [-0.15, -0.1) is 16.7 Å². The Hall–Kier alpha value is -2.55. The first-order chi connectivity index (χ1) is 17.7. The first kappa shape index (κ1) is 27.5. The van der Waals surface area contributed by atoms with E-state index in [9.17, 15) is 28.5 Å². The zero-order valence-electron chi connectivity index (χ0n) is 19.9. The number of aliphatic hydroxyl groups is 3. The van der Waals surface area contributed by atoms with Gasteiger partial charge in [0.25, 0.3) is 0 Å². The smallest absolute Gasteiger partial charge is 0.195 e. The van der Waals surface area contributed by atoms with Gasteiger partial charge < -0.3 is 29.3 Å². The average Bonchev–Trinajstić information content (AvgIpc) is 3.58. The Balaban J connectivity index is 1.64. The lowest BCUT2D eigenvalue weighted by molar-refractivity contribution is -0.212. The largest absolute Gasteiger partial charge is 0.395 e. The number of halogens is 4. The van der Waals surface area contributed by atoms with Crippen LogP contribution in [0.15, 0.2) is 28.9 Å². The number of aromatic nitrogens is 4. The number of hydrogen-bond acceptors (Lipinski definition) is 9. The van der Waals surface area contributed by atoms with Gasteiger partial charge in [-0.1, -0.05) is 17.3 Å². The first-order valence-electron chi connectivity index (χ1n) is 11.3. The summed E-state index contributed by atoms with van der Waals surface area (Å²) in [7, 11) is 1.38. The molecule has 0 spiro atoms. The molecule has 14 heteroatoms. The lowest BCUT2D eigenvalue weighted by Gasteiger charge is -2.43. The number of hydrogen-bond donors (Lipinski definition) is 3. The van der Waals surface area contributed by atoms with E-state index >= 15 is 0 Å². The van der Waals surface area contributed by atoms with Crippen molar-refractivity contribution < 1.29 is 42.5 Å². The first-order valence-corrected chi connectivity index (χ1v) is 11.9. The molecule has 0 amide bonds. The molecule has 0 bridgehead atoms. The molecule has 3 heterocycles. The molecule has 3 aromatic rings. The summed E-state index contributed by atoms with van der Waals surface area (Å²) in [6.45, 7) is 0.931. The summed E-state index contributed by atoms with van der Waals surface area (Å²) in [6.07, 6.45) is -2.66. The van der Waals surface area contributed by atoms with Crippen LogP contribution in [-0.2, 0) is 21.3 Å². The molecule has 6 atom stereocenters. The summed E-state index contributed by atoms with van der Waals surface area (Å²) in [4.78, 5) is 0. The molecule has 1 fully saturated rings. The number of benzene rings is 1. The predicted octanol–water partition coefficient (Wildman–Crippen LogP) is 1.76. The van der Waals surface area contributed by atoms with Crippen molar-refractivity contribution in [2.24, 2.45) is 0 Å². The van der Waals surface area contributed by atoms with Crippen LogP contribution in [-0.4, -0.2) is 86.1 Å². The fraction of sp³-hybridized carbons (Fsp3) is 0.522. The number of alkyl halides is 1. The Morgan fingerprint density at radius 2 is 1.95 bits per heavy atom. The van der Waals surface area contributed by atoms with E-state index < -0.39 is 59.9 Å². The molecule has 2 aromatic heterocycles. The molecule has 202 valence electrons. The van der Waals surface area contributed by atoms with E-state index in [0.717, 1.165) is 12.1 Å². The summed E-state index contributed by atoms with van der Waals surface area (Å²) in [6, 6.07) is 2.45. The van der Waals surface area contributed by atoms with Crippen molar-refractivity contribution in [2.75, 3.05) is 26.2 Å². The van der Waals surface area contributed by atoms with Crippen molar-refractivity contribution in [1.29, 1.82) is 0 Å². The molecule has 1 aliphatic rings. The summed E-state index contributed by atoms with van der Waals surface area (Å²) < 4.78 is 59.6. The highest BCUT2D eigenvalue weighted by Crippen LogP contribution is 2.35. The normalized spacial score (nSPS) is 25.8. The summed E-state index contributed by atoms with van der Waals surface area (Å²) in [5, 5.41) is 42.3. The predicted molar refractivity (Wildman–Crippen MR) is 122 cm³/mol. The van der Waals surface area contributed by atoms with Gasteiger partial charge in [0.1, 0.15) is 35.8 Å². The van der Waals surface area contributed by atoms with Crippen LogP contribution < -0.4 is 0 Å². The molecule has 1 aromatic carbocycles. The maximum atomic E-state index is 14.3. The van der Waals surface area contributed by atoms with Crippen LogP contribution >= 0.6 is 11.6 Å². The van der Waals surface area contributed by atoms with Gasteiger partial charge in [0.2, 0.25) is 0 Å². The third kappa shape index (κ3) is 5.11. The standard InChI is InChI=1S/C23H26ClF3N4O6/c1-23(9-24,10-33)17-6-11(37-29-17)5-15-22(35-2)20(21(34)16(8-32)36-15)31-7-14(28-30-31)12-3-4-13(25)19(27)18(12)26/h3-4,6-7,15-16,20-22,32-34H,5,8-10H2,1-2H3/t15-,16-,20+,21+,22+,23?/m1/s1. The van der Waals surface area contributed by atoms with Crippen molar-refractivity contribution in [3.05, 3.63) is 53.3 Å². The lowest BCUT2D eigenvalue weighted by Crippen LogP contribution is -2.57. The van der Waals surface area contributed by atoms with Gasteiger partial charge in [-0.2, -0.15) is 0 Å². The van der Waals surface area contributed by atoms with E-state index in [1.807, 2.05) is 0 Å². The second-order valence-corrected chi connectivity index (χ2v) is 9.39. The molecular formula is C23H26ClF3N4O6. The van der Waals surface area contributed by atoms with Gasteiger partial charge >= 0.3 is 0 Å². The number of rotatable bonds is 9. The quantitative estimate of drug-likeness (QED) is 0.271. The lowest BCUT2D eigenvalue weighted by atomic mass is 9.88.